The summed E-state index contributed by atoms with van der Waals surface area (Å²) in [6, 6.07) is 17.2. The van der Waals surface area contributed by atoms with Crippen LogP contribution >= 0.6 is 12.2 Å². The van der Waals surface area contributed by atoms with Crippen molar-refractivity contribution in [3.8, 4) is 5.75 Å². The van der Waals surface area contributed by atoms with Gasteiger partial charge in [0.1, 0.15) is 5.75 Å². The van der Waals surface area contributed by atoms with Gasteiger partial charge in [0.15, 0.2) is 5.11 Å². The summed E-state index contributed by atoms with van der Waals surface area (Å²) in [7, 11) is 0. The first kappa shape index (κ1) is 22.0. The van der Waals surface area contributed by atoms with Crippen molar-refractivity contribution >= 4 is 23.0 Å². The molecule has 2 atom stereocenters. The summed E-state index contributed by atoms with van der Waals surface area (Å²) >= 11 is 5.86. The van der Waals surface area contributed by atoms with Crippen molar-refractivity contribution in [3.05, 3.63) is 78.4 Å². The zero-order valence-corrected chi connectivity index (χ0v) is 20.2. The van der Waals surface area contributed by atoms with Gasteiger partial charge in [0, 0.05) is 30.3 Å². The highest BCUT2D eigenvalue weighted by molar-refractivity contribution is 7.80. The third kappa shape index (κ3) is 4.62. The van der Waals surface area contributed by atoms with Gasteiger partial charge in [-0.05, 0) is 86.9 Å². The first-order valence-electron chi connectivity index (χ1n) is 12.0. The molecule has 0 amide bonds. The SMILES string of the molecule is CC(C)Oc1ccc(N2C(=S)N[C@@H](c3ccccn3)[C@H]2c2ccn(C3CCCCC3)c2)cc1. The van der Waals surface area contributed by atoms with Crippen molar-refractivity contribution in [3.63, 3.8) is 0 Å². The van der Waals surface area contributed by atoms with Crippen molar-refractivity contribution in [2.75, 3.05) is 4.90 Å². The number of rotatable bonds is 6. The monoisotopic (exact) mass is 460 g/mol. The van der Waals surface area contributed by atoms with Crippen LogP contribution in [0.4, 0.5) is 5.69 Å². The zero-order chi connectivity index (χ0) is 22.8. The van der Waals surface area contributed by atoms with E-state index in [4.69, 9.17) is 17.0 Å². The Bertz CT molecular complexity index is 1070. The summed E-state index contributed by atoms with van der Waals surface area (Å²) in [4.78, 5) is 6.90. The number of nitrogens with zero attached hydrogens (tertiary/aromatic N) is 3. The van der Waals surface area contributed by atoms with Crippen LogP contribution in [-0.2, 0) is 0 Å². The zero-order valence-electron chi connectivity index (χ0n) is 19.4. The maximum absolute atomic E-state index is 5.86. The van der Waals surface area contributed by atoms with E-state index in [9.17, 15) is 0 Å². The maximum atomic E-state index is 5.86. The lowest BCUT2D eigenvalue weighted by Gasteiger charge is -2.28. The molecule has 33 heavy (non-hydrogen) atoms. The molecule has 2 aromatic heterocycles. The molecule has 172 valence electrons. The van der Waals surface area contributed by atoms with E-state index in [1.54, 1.807) is 0 Å². The van der Waals surface area contributed by atoms with Gasteiger partial charge in [0.2, 0.25) is 0 Å². The van der Waals surface area contributed by atoms with E-state index in [1.807, 2.05) is 44.3 Å². The lowest BCUT2D eigenvalue weighted by molar-refractivity contribution is 0.242. The van der Waals surface area contributed by atoms with Gasteiger partial charge in [-0.3, -0.25) is 4.98 Å². The Labute approximate surface area is 201 Å². The fraction of sp³-hybridized carbons (Fsp3) is 0.407. The molecule has 1 saturated heterocycles. The van der Waals surface area contributed by atoms with Gasteiger partial charge in [0.25, 0.3) is 0 Å². The highest BCUT2D eigenvalue weighted by Gasteiger charge is 2.41. The van der Waals surface area contributed by atoms with Crippen molar-refractivity contribution in [2.45, 2.75) is 70.2 Å². The number of benzene rings is 1. The molecule has 3 aromatic rings. The van der Waals surface area contributed by atoms with E-state index in [0.717, 1.165) is 22.2 Å². The number of hydrogen-bond acceptors (Lipinski definition) is 3. The van der Waals surface area contributed by atoms with Crippen LogP contribution in [-0.4, -0.2) is 20.8 Å². The van der Waals surface area contributed by atoms with Gasteiger partial charge >= 0.3 is 0 Å². The van der Waals surface area contributed by atoms with Crippen LogP contribution < -0.4 is 15.0 Å². The van der Waals surface area contributed by atoms with E-state index in [-0.39, 0.29) is 18.2 Å². The molecule has 0 bridgehead atoms. The molecule has 5 rings (SSSR count). The molecule has 6 heteroatoms. The number of hydrogen-bond donors (Lipinski definition) is 1. The third-order valence-electron chi connectivity index (χ3n) is 6.66. The molecule has 1 aliphatic carbocycles. The Morgan fingerprint density at radius 2 is 1.82 bits per heavy atom. The Morgan fingerprint density at radius 3 is 2.52 bits per heavy atom. The summed E-state index contributed by atoms with van der Waals surface area (Å²) in [5.74, 6) is 0.869. The van der Waals surface area contributed by atoms with Crippen LogP contribution in [0.25, 0.3) is 0 Å². The summed E-state index contributed by atoms with van der Waals surface area (Å²) in [6.45, 7) is 4.08. The molecule has 0 radical (unpaired) electrons. The summed E-state index contributed by atoms with van der Waals surface area (Å²) in [5, 5.41) is 4.28. The van der Waals surface area contributed by atoms with Crippen LogP contribution in [0.15, 0.2) is 67.1 Å². The predicted octanol–water partition coefficient (Wildman–Crippen LogP) is 6.35. The van der Waals surface area contributed by atoms with Crippen LogP contribution in [0.3, 0.4) is 0 Å². The molecule has 1 saturated carbocycles. The first-order chi connectivity index (χ1) is 16.1. The van der Waals surface area contributed by atoms with Crippen LogP contribution in [0.5, 0.6) is 5.75 Å². The molecule has 0 unspecified atom stereocenters. The highest BCUT2D eigenvalue weighted by Crippen LogP contribution is 2.42. The molecule has 2 aliphatic rings. The van der Waals surface area contributed by atoms with Gasteiger partial charge < -0.3 is 19.5 Å². The average Bonchev–Trinajstić information content (AvgIpc) is 3.45. The standard InChI is InChI=1S/C27H32N4OS/c1-19(2)32-23-13-11-22(12-14-23)31-26(25(29-27(31)33)24-10-6-7-16-28-24)20-15-17-30(18-20)21-8-4-3-5-9-21/h6-7,10-19,21,25-26H,3-5,8-9H2,1-2H3,(H,29,33)/t25-,26+/m0/s1. The molecule has 1 aliphatic heterocycles. The normalized spacial score (nSPS) is 21.4. The predicted molar refractivity (Wildman–Crippen MR) is 137 cm³/mol. The number of aromatic nitrogens is 2. The van der Waals surface area contributed by atoms with Gasteiger partial charge in [-0.2, -0.15) is 0 Å². The second-order valence-corrected chi connectivity index (χ2v) is 9.73. The lowest BCUT2D eigenvalue weighted by Crippen LogP contribution is -2.29. The van der Waals surface area contributed by atoms with E-state index in [0.29, 0.717) is 6.04 Å². The Balaban J connectivity index is 1.50. The average molecular weight is 461 g/mol. The van der Waals surface area contributed by atoms with E-state index >= 15 is 0 Å². The minimum Gasteiger partial charge on any atom is -0.491 e. The van der Waals surface area contributed by atoms with E-state index < -0.39 is 0 Å². The van der Waals surface area contributed by atoms with Crippen molar-refractivity contribution in [1.29, 1.82) is 0 Å². The molecule has 1 N–H and O–H groups in total. The number of pyridine rings is 1. The summed E-state index contributed by atoms with van der Waals surface area (Å²) < 4.78 is 8.27. The fourth-order valence-electron chi connectivity index (χ4n) is 5.14. The van der Waals surface area contributed by atoms with Gasteiger partial charge in [-0.25, -0.2) is 0 Å². The smallest absolute Gasteiger partial charge is 0.174 e. The van der Waals surface area contributed by atoms with Crippen molar-refractivity contribution in [1.82, 2.24) is 14.9 Å². The van der Waals surface area contributed by atoms with E-state index in [2.05, 4.69) is 56.4 Å². The number of nitrogens with one attached hydrogen (secondary N) is 1. The largest absolute Gasteiger partial charge is 0.491 e. The maximum Gasteiger partial charge on any atom is 0.174 e. The van der Waals surface area contributed by atoms with Crippen LogP contribution in [0, 0.1) is 0 Å². The fourth-order valence-corrected chi connectivity index (χ4v) is 5.49. The summed E-state index contributed by atoms with van der Waals surface area (Å²) in [6.07, 6.45) is 13.1. The number of ether oxygens (including phenoxy) is 1. The Hall–Kier alpha value is -2.86. The van der Waals surface area contributed by atoms with Crippen molar-refractivity contribution < 1.29 is 4.74 Å². The minimum absolute atomic E-state index is 0.0208. The van der Waals surface area contributed by atoms with Gasteiger partial charge in [0.05, 0.1) is 23.9 Å². The highest BCUT2D eigenvalue weighted by atomic mass is 32.1. The third-order valence-corrected chi connectivity index (χ3v) is 6.97. The quantitative estimate of drug-likeness (QED) is 0.434. The number of anilines is 1. The van der Waals surface area contributed by atoms with Crippen LogP contribution in [0.1, 0.15) is 75.3 Å². The van der Waals surface area contributed by atoms with Crippen LogP contribution in [0.2, 0.25) is 0 Å². The topological polar surface area (TPSA) is 42.3 Å². The molecular weight excluding hydrogens is 428 g/mol. The second-order valence-electron chi connectivity index (χ2n) is 9.34. The molecule has 2 fully saturated rings. The minimum atomic E-state index is -0.0208. The molecule has 5 nitrogen and oxygen atoms in total. The number of thiocarbonyl (C=S) groups is 1. The van der Waals surface area contributed by atoms with Crippen molar-refractivity contribution in [2.24, 2.45) is 0 Å². The molecular formula is C27H32N4OS. The molecule has 3 heterocycles. The lowest BCUT2D eigenvalue weighted by atomic mass is 9.95. The second kappa shape index (κ2) is 9.56. The van der Waals surface area contributed by atoms with Gasteiger partial charge in [-0.15, -0.1) is 0 Å². The summed E-state index contributed by atoms with van der Waals surface area (Å²) in [5.41, 5.74) is 3.31. The Morgan fingerprint density at radius 1 is 1.03 bits per heavy atom. The molecule has 0 spiro atoms. The molecule has 1 aromatic carbocycles. The van der Waals surface area contributed by atoms with E-state index in [1.165, 1.54) is 37.7 Å². The van der Waals surface area contributed by atoms with Gasteiger partial charge in [-0.1, -0.05) is 25.3 Å². The first-order valence-corrected chi connectivity index (χ1v) is 12.5. The Kier molecular flexibility index (Phi) is 6.36.